The molecule has 0 N–H and O–H groups in total. The highest BCUT2D eigenvalue weighted by Crippen LogP contribution is 2.30. The lowest BCUT2D eigenvalue weighted by Gasteiger charge is -2.35. The molecule has 0 unspecified atom stereocenters. The van der Waals surface area contributed by atoms with E-state index in [4.69, 9.17) is 9.47 Å². The van der Waals surface area contributed by atoms with Gasteiger partial charge in [0.05, 0.1) is 14.2 Å². The number of methoxy groups -OCH3 is 2. The summed E-state index contributed by atoms with van der Waals surface area (Å²) in [6.45, 7) is 3.90. The minimum atomic E-state index is -0.151. The second-order valence-corrected chi connectivity index (χ2v) is 7.77. The van der Waals surface area contributed by atoms with Crippen LogP contribution in [0.1, 0.15) is 26.4 Å². The van der Waals surface area contributed by atoms with Gasteiger partial charge in [-0.15, -0.1) is 0 Å². The van der Waals surface area contributed by atoms with Crippen LogP contribution in [0, 0.1) is 6.92 Å². The lowest BCUT2D eigenvalue weighted by molar-refractivity contribution is 0.0526. The summed E-state index contributed by atoms with van der Waals surface area (Å²) in [6.07, 6.45) is 0. The molecule has 0 spiro atoms. The van der Waals surface area contributed by atoms with Crippen molar-refractivity contribution in [3.8, 4) is 11.5 Å². The van der Waals surface area contributed by atoms with Crippen molar-refractivity contribution >= 4 is 22.7 Å². The van der Waals surface area contributed by atoms with Crippen molar-refractivity contribution in [1.82, 2.24) is 14.4 Å². The Kier molecular flexibility index (Phi) is 5.59. The van der Waals surface area contributed by atoms with Crippen LogP contribution in [0.25, 0.3) is 10.9 Å². The minimum absolute atomic E-state index is 0.0154. The van der Waals surface area contributed by atoms with E-state index in [-0.39, 0.29) is 11.8 Å². The summed E-state index contributed by atoms with van der Waals surface area (Å²) >= 11 is 0. The van der Waals surface area contributed by atoms with Crippen LogP contribution in [-0.2, 0) is 7.05 Å². The molecule has 7 heteroatoms. The Balaban J connectivity index is 1.50. The number of carbonyl (C=O) groups excluding carboxylic acids is 2. The molecule has 0 atom stereocenters. The van der Waals surface area contributed by atoms with Crippen LogP contribution in [0.4, 0.5) is 0 Å². The van der Waals surface area contributed by atoms with Gasteiger partial charge in [0.25, 0.3) is 11.8 Å². The molecule has 4 rings (SSSR count). The molecule has 0 bridgehead atoms. The fourth-order valence-electron chi connectivity index (χ4n) is 4.17. The smallest absolute Gasteiger partial charge is 0.270 e. The van der Waals surface area contributed by atoms with Gasteiger partial charge in [-0.25, -0.2) is 0 Å². The maximum Gasteiger partial charge on any atom is 0.270 e. The van der Waals surface area contributed by atoms with Crippen LogP contribution in [0.15, 0.2) is 42.5 Å². The third-order valence-corrected chi connectivity index (χ3v) is 5.91. The Bertz CT molecular complexity index is 1120. The molecule has 1 saturated heterocycles. The molecule has 2 heterocycles. The molecule has 1 aliphatic rings. The molecule has 1 aliphatic heterocycles. The third-order valence-electron chi connectivity index (χ3n) is 5.91. The van der Waals surface area contributed by atoms with Gasteiger partial charge in [0.15, 0.2) is 0 Å². The van der Waals surface area contributed by atoms with E-state index in [1.54, 1.807) is 23.1 Å². The van der Waals surface area contributed by atoms with Gasteiger partial charge in [-0.3, -0.25) is 9.59 Å². The molecule has 1 aromatic heterocycles. The first-order chi connectivity index (χ1) is 14.9. The van der Waals surface area contributed by atoms with Crippen molar-refractivity contribution in [2.45, 2.75) is 6.92 Å². The third kappa shape index (κ3) is 3.71. The van der Waals surface area contributed by atoms with E-state index >= 15 is 0 Å². The molecule has 7 nitrogen and oxygen atoms in total. The van der Waals surface area contributed by atoms with Crippen molar-refractivity contribution in [1.29, 1.82) is 0 Å². The number of rotatable bonds is 4. The fourth-order valence-corrected chi connectivity index (χ4v) is 4.17. The van der Waals surface area contributed by atoms with Crippen molar-refractivity contribution in [3.05, 3.63) is 59.3 Å². The zero-order valence-corrected chi connectivity index (χ0v) is 18.3. The highest BCUT2D eigenvalue weighted by molar-refractivity contribution is 6.01. The Morgan fingerprint density at radius 1 is 0.839 bits per heavy atom. The molecular formula is C24H27N3O4. The van der Waals surface area contributed by atoms with Crippen LogP contribution in [0.2, 0.25) is 0 Å². The molecule has 162 valence electrons. The van der Waals surface area contributed by atoms with E-state index in [1.807, 2.05) is 41.6 Å². The number of fused-ring (bicyclic) bond motifs is 1. The van der Waals surface area contributed by atoms with E-state index in [0.29, 0.717) is 48.9 Å². The quantitative estimate of drug-likeness (QED) is 0.649. The number of piperazine rings is 1. The number of benzene rings is 2. The van der Waals surface area contributed by atoms with Crippen molar-refractivity contribution in [3.63, 3.8) is 0 Å². The van der Waals surface area contributed by atoms with Gasteiger partial charge in [-0.05, 0) is 37.3 Å². The summed E-state index contributed by atoms with van der Waals surface area (Å²) in [6, 6.07) is 13.4. The van der Waals surface area contributed by atoms with E-state index in [1.165, 1.54) is 14.2 Å². The number of aryl methyl sites for hydroxylation is 2. The maximum atomic E-state index is 13.2. The predicted molar refractivity (Wildman–Crippen MR) is 119 cm³/mol. The van der Waals surface area contributed by atoms with E-state index < -0.39 is 0 Å². The summed E-state index contributed by atoms with van der Waals surface area (Å²) in [5.41, 5.74) is 3.27. The highest BCUT2D eigenvalue weighted by atomic mass is 16.5. The summed E-state index contributed by atoms with van der Waals surface area (Å²) < 4.78 is 12.7. The Hall–Kier alpha value is -3.48. The van der Waals surface area contributed by atoms with E-state index in [2.05, 4.69) is 6.07 Å². The SMILES string of the molecule is COc1cccc(OC)c1C(=O)N1CCN(C(=O)c2cc3cc(C)ccc3n2C)CC1. The lowest BCUT2D eigenvalue weighted by Crippen LogP contribution is -2.51. The van der Waals surface area contributed by atoms with E-state index in [0.717, 1.165) is 16.5 Å². The van der Waals surface area contributed by atoms with Gasteiger partial charge < -0.3 is 23.8 Å². The average molecular weight is 421 g/mol. The summed E-state index contributed by atoms with van der Waals surface area (Å²) in [4.78, 5) is 29.9. The highest BCUT2D eigenvalue weighted by Gasteiger charge is 2.29. The predicted octanol–water partition coefficient (Wildman–Crippen LogP) is 3.10. The second-order valence-electron chi connectivity index (χ2n) is 7.77. The second kappa shape index (κ2) is 8.34. The van der Waals surface area contributed by atoms with Crippen LogP contribution >= 0.6 is 0 Å². The Labute approximate surface area is 181 Å². The summed E-state index contributed by atoms with van der Waals surface area (Å²) in [5, 5.41) is 1.06. The first-order valence-corrected chi connectivity index (χ1v) is 10.3. The number of carbonyl (C=O) groups is 2. The maximum absolute atomic E-state index is 13.2. The molecule has 1 fully saturated rings. The largest absolute Gasteiger partial charge is 0.496 e. The van der Waals surface area contributed by atoms with Gasteiger partial charge in [0, 0.05) is 44.1 Å². The summed E-state index contributed by atoms with van der Waals surface area (Å²) in [5.74, 6) is 0.794. The van der Waals surface area contributed by atoms with Crippen molar-refractivity contribution in [2.75, 3.05) is 40.4 Å². The number of amides is 2. The minimum Gasteiger partial charge on any atom is -0.496 e. The van der Waals surface area contributed by atoms with Crippen LogP contribution in [0.3, 0.4) is 0 Å². The average Bonchev–Trinajstić information content (AvgIpc) is 3.12. The first kappa shape index (κ1) is 20.8. The standard InChI is InChI=1S/C24H27N3O4/c1-16-8-9-18-17(14-16)15-19(25(18)2)23(28)26-10-12-27(13-11-26)24(29)22-20(30-3)6-5-7-21(22)31-4/h5-9,14-15H,10-13H2,1-4H3. The van der Waals surface area contributed by atoms with Crippen molar-refractivity contribution < 1.29 is 19.1 Å². The number of hydrogen-bond donors (Lipinski definition) is 0. The molecule has 2 amide bonds. The van der Waals surface area contributed by atoms with Gasteiger partial charge in [0.1, 0.15) is 22.8 Å². The van der Waals surface area contributed by atoms with Gasteiger partial charge in [-0.2, -0.15) is 0 Å². The monoisotopic (exact) mass is 421 g/mol. The Morgan fingerprint density at radius 2 is 1.42 bits per heavy atom. The number of aromatic nitrogens is 1. The molecule has 2 aromatic carbocycles. The lowest BCUT2D eigenvalue weighted by atomic mass is 10.1. The summed E-state index contributed by atoms with van der Waals surface area (Å²) in [7, 11) is 4.99. The first-order valence-electron chi connectivity index (χ1n) is 10.3. The topological polar surface area (TPSA) is 64.0 Å². The normalized spacial score (nSPS) is 14.1. The molecular weight excluding hydrogens is 394 g/mol. The van der Waals surface area contributed by atoms with Gasteiger partial charge >= 0.3 is 0 Å². The van der Waals surface area contributed by atoms with E-state index in [9.17, 15) is 9.59 Å². The Morgan fingerprint density at radius 3 is 2.00 bits per heavy atom. The molecule has 0 aliphatic carbocycles. The number of ether oxygens (including phenoxy) is 2. The molecule has 0 radical (unpaired) electrons. The van der Waals surface area contributed by atoms with Gasteiger partial charge in [0.2, 0.25) is 0 Å². The zero-order valence-electron chi connectivity index (χ0n) is 18.3. The molecule has 3 aromatic rings. The van der Waals surface area contributed by atoms with Crippen molar-refractivity contribution in [2.24, 2.45) is 7.05 Å². The van der Waals surface area contributed by atoms with Crippen LogP contribution in [0.5, 0.6) is 11.5 Å². The van der Waals surface area contributed by atoms with Crippen LogP contribution < -0.4 is 9.47 Å². The number of nitrogens with zero attached hydrogens (tertiary/aromatic N) is 3. The molecule has 31 heavy (non-hydrogen) atoms. The van der Waals surface area contributed by atoms with Gasteiger partial charge in [-0.1, -0.05) is 17.7 Å². The van der Waals surface area contributed by atoms with Crippen LogP contribution in [-0.4, -0.2) is 66.6 Å². The fraction of sp³-hybridized carbons (Fsp3) is 0.333. The molecule has 0 saturated carbocycles. The number of hydrogen-bond acceptors (Lipinski definition) is 4. The zero-order chi connectivity index (χ0) is 22.1.